The van der Waals surface area contributed by atoms with Gasteiger partial charge in [-0.15, -0.1) is 0 Å². The predicted octanol–water partition coefficient (Wildman–Crippen LogP) is 11.8. The highest BCUT2D eigenvalue weighted by molar-refractivity contribution is 4.93. The summed E-state index contributed by atoms with van der Waals surface area (Å²) in [5.41, 5.74) is 0. The lowest BCUT2D eigenvalue weighted by atomic mass is 10.1. The predicted molar refractivity (Wildman–Crippen MR) is 204 cm³/mol. The Bertz CT molecular complexity index is 640. The van der Waals surface area contributed by atoms with Crippen LogP contribution in [0, 0.1) is 0 Å². The third kappa shape index (κ3) is 31.2. The molecule has 3 nitrogen and oxygen atoms in total. The van der Waals surface area contributed by atoms with Gasteiger partial charge < -0.3 is 10.2 Å². The first-order valence-corrected chi connectivity index (χ1v) is 20.1. The van der Waals surface area contributed by atoms with Gasteiger partial charge in [0.25, 0.3) is 0 Å². The fourth-order valence-corrected chi connectivity index (χ4v) is 6.20. The Labute approximate surface area is 283 Å². The van der Waals surface area contributed by atoms with E-state index >= 15 is 0 Å². The summed E-state index contributed by atoms with van der Waals surface area (Å²) >= 11 is 0. The molecule has 1 fully saturated rings. The zero-order valence-corrected chi connectivity index (χ0v) is 30.6. The highest BCUT2D eigenvalue weighted by Gasteiger charge is 2.11. The van der Waals surface area contributed by atoms with E-state index in [1.165, 1.54) is 181 Å². The average molecular weight is 626 g/mol. The number of rotatable bonds is 33. The minimum absolute atomic E-state index is 1.12. The largest absolute Gasteiger partial charge is 0.314 e. The molecule has 1 N–H and O–H groups in total. The smallest absolute Gasteiger partial charge is 0.0110 e. The second kappa shape index (κ2) is 35.7. The molecule has 1 aliphatic heterocycles. The van der Waals surface area contributed by atoms with Crippen LogP contribution >= 0.6 is 0 Å². The lowest BCUT2D eigenvalue weighted by Crippen LogP contribution is -2.46. The SMILES string of the molecule is CCCCC/C=C\CC=CCCCCCCCCN(CCCCCCCC/C=C\C/C=C\CCCCC)CCN1CCNCC1. The van der Waals surface area contributed by atoms with Gasteiger partial charge in [0, 0.05) is 39.3 Å². The van der Waals surface area contributed by atoms with E-state index in [9.17, 15) is 0 Å². The van der Waals surface area contributed by atoms with Gasteiger partial charge in [-0.05, 0) is 90.1 Å². The minimum Gasteiger partial charge on any atom is -0.314 e. The van der Waals surface area contributed by atoms with Crippen molar-refractivity contribution in [2.45, 2.75) is 168 Å². The molecule has 1 heterocycles. The summed E-state index contributed by atoms with van der Waals surface area (Å²) in [4.78, 5) is 5.47. The van der Waals surface area contributed by atoms with Crippen LogP contribution in [0.1, 0.15) is 168 Å². The van der Waals surface area contributed by atoms with Crippen molar-refractivity contribution in [3.8, 4) is 0 Å². The lowest BCUT2D eigenvalue weighted by Gasteiger charge is -2.30. The van der Waals surface area contributed by atoms with Gasteiger partial charge in [0.05, 0.1) is 0 Å². The van der Waals surface area contributed by atoms with Gasteiger partial charge in [0.1, 0.15) is 0 Å². The second-order valence-electron chi connectivity index (χ2n) is 13.6. The zero-order chi connectivity index (χ0) is 32.1. The number of allylic oxidation sites excluding steroid dienone is 8. The molecule has 0 aromatic heterocycles. The Balaban J connectivity index is 2.06. The van der Waals surface area contributed by atoms with Crippen molar-refractivity contribution >= 4 is 0 Å². The van der Waals surface area contributed by atoms with E-state index < -0.39 is 0 Å². The molecule has 0 bridgehead atoms. The summed E-state index contributed by atoms with van der Waals surface area (Å²) < 4.78 is 0. The molecule has 262 valence electrons. The van der Waals surface area contributed by atoms with E-state index in [-0.39, 0.29) is 0 Å². The average Bonchev–Trinajstić information content (AvgIpc) is 3.06. The Kier molecular flexibility index (Phi) is 33.2. The first-order chi connectivity index (χ1) is 22.4. The van der Waals surface area contributed by atoms with Gasteiger partial charge in [-0.3, -0.25) is 4.90 Å². The maximum atomic E-state index is 3.51. The van der Waals surface area contributed by atoms with E-state index in [0.29, 0.717) is 0 Å². The minimum atomic E-state index is 1.12. The summed E-state index contributed by atoms with van der Waals surface area (Å²) in [5, 5.41) is 3.51. The molecule has 0 amide bonds. The van der Waals surface area contributed by atoms with Crippen LogP contribution in [0.5, 0.6) is 0 Å². The Hall–Kier alpha value is -1.16. The van der Waals surface area contributed by atoms with Crippen molar-refractivity contribution in [1.82, 2.24) is 15.1 Å². The van der Waals surface area contributed by atoms with Crippen LogP contribution < -0.4 is 5.32 Å². The topological polar surface area (TPSA) is 18.5 Å². The third-order valence-electron chi connectivity index (χ3n) is 9.29. The summed E-state index contributed by atoms with van der Waals surface area (Å²) in [6.07, 6.45) is 51.1. The monoisotopic (exact) mass is 626 g/mol. The van der Waals surface area contributed by atoms with Crippen LogP contribution in [0.15, 0.2) is 48.6 Å². The summed E-state index contributed by atoms with van der Waals surface area (Å²) in [6, 6.07) is 0. The quantitative estimate of drug-likeness (QED) is 0.0578. The molecule has 0 saturated carbocycles. The first kappa shape index (κ1) is 41.9. The standard InChI is InChI=1S/C42H79N3/c1-3-5-7-9-11-13-15-17-19-21-23-25-27-29-31-33-37-44(41-42-45-39-35-43-36-40-45)38-34-32-30-28-26-24-22-20-18-16-14-12-10-8-6-4-2/h11-14,17-20,43H,3-10,15-16,21-42H2,1-2H3/b13-11-,14-12-,19-17-,20-18?. The molecule has 0 radical (unpaired) electrons. The Morgan fingerprint density at radius 3 is 1.24 bits per heavy atom. The van der Waals surface area contributed by atoms with Crippen LogP contribution in [0.3, 0.4) is 0 Å². The number of piperazine rings is 1. The Morgan fingerprint density at radius 2 is 0.822 bits per heavy atom. The van der Waals surface area contributed by atoms with Crippen molar-refractivity contribution in [2.24, 2.45) is 0 Å². The summed E-state index contributed by atoms with van der Waals surface area (Å²) in [6.45, 7) is 14.5. The van der Waals surface area contributed by atoms with Crippen LogP contribution in [0.25, 0.3) is 0 Å². The fourth-order valence-electron chi connectivity index (χ4n) is 6.20. The first-order valence-electron chi connectivity index (χ1n) is 20.1. The zero-order valence-electron chi connectivity index (χ0n) is 30.6. The number of nitrogens with one attached hydrogen (secondary N) is 1. The number of nitrogens with zero attached hydrogens (tertiary/aromatic N) is 2. The van der Waals surface area contributed by atoms with Crippen molar-refractivity contribution in [3.05, 3.63) is 48.6 Å². The van der Waals surface area contributed by atoms with E-state index in [0.717, 1.165) is 25.9 Å². The molecule has 45 heavy (non-hydrogen) atoms. The number of hydrogen-bond donors (Lipinski definition) is 1. The van der Waals surface area contributed by atoms with Gasteiger partial charge in [-0.25, -0.2) is 0 Å². The second-order valence-corrected chi connectivity index (χ2v) is 13.6. The number of unbranched alkanes of at least 4 members (excludes halogenated alkanes) is 18. The molecule has 0 spiro atoms. The maximum Gasteiger partial charge on any atom is 0.0110 e. The van der Waals surface area contributed by atoms with Crippen LogP contribution in [-0.2, 0) is 0 Å². The molecular formula is C42H79N3. The summed E-state index contributed by atoms with van der Waals surface area (Å²) in [5.74, 6) is 0. The molecule has 0 aromatic carbocycles. The van der Waals surface area contributed by atoms with Gasteiger partial charge in [-0.2, -0.15) is 0 Å². The molecule has 1 rings (SSSR count). The van der Waals surface area contributed by atoms with Gasteiger partial charge >= 0.3 is 0 Å². The molecule has 1 aliphatic rings. The molecule has 0 aliphatic carbocycles. The molecule has 0 aromatic rings. The normalized spacial score (nSPS) is 14.9. The third-order valence-corrected chi connectivity index (χ3v) is 9.29. The van der Waals surface area contributed by atoms with Crippen LogP contribution in [-0.4, -0.2) is 62.2 Å². The van der Waals surface area contributed by atoms with Gasteiger partial charge in [0.15, 0.2) is 0 Å². The Morgan fingerprint density at radius 1 is 0.444 bits per heavy atom. The highest BCUT2D eigenvalue weighted by Crippen LogP contribution is 2.12. The maximum absolute atomic E-state index is 3.51. The van der Waals surface area contributed by atoms with Crippen molar-refractivity contribution < 1.29 is 0 Å². The van der Waals surface area contributed by atoms with E-state index in [2.05, 4.69) is 77.6 Å². The molecule has 0 atom stereocenters. The fraction of sp³-hybridized carbons (Fsp3) is 0.810. The van der Waals surface area contributed by atoms with Gasteiger partial charge in [-0.1, -0.05) is 140 Å². The van der Waals surface area contributed by atoms with E-state index in [1.54, 1.807) is 0 Å². The van der Waals surface area contributed by atoms with Crippen molar-refractivity contribution in [1.29, 1.82) is 0 Å². The van der Waals surface area contributed by atoms with Crippen LogP contribution in [0.2, 0.25) is 0 Å². The molecule has 0 unspecified atom stereocenters. The van der Waals surface area contributed by atoms with Crippen LogP contribution in [0.4, 0.5) is 0 Å². The van der Waals surface area contributed by atoms with Gasteiger partial charge in [0.2, 0.25) is 0 Å². The molecular weight excluding hydrogens is 546 g/mol. The van der Waals surface area contributed by atoms with Crippen molar-refractivity contribution in [2.75, 3.05) is 52.4 Å². The summed E-state index contributed by atoms with van der Waals surface area (Å²) in [7, 11) is 0. The molecule has 1 saturated heterocycles. The number of hydrogen-bond acceptors (Lipinski definition) is 3. The van der Waals surface area contributed by atoms with E-state index in [4.69, 9.17) is 0 Å². The molecule has 3 heteroatoms. The van der Waals surface area contributed by atoms with E-state index in [1.807, 2.05) is 0 Å². The van der Waals surface area contributed by atoms with Crippen molar-refractivity contribution in [3.63, 3.8) is 0 Å². The highest BCUT2D eigenvalue weighted by atomic mass is 15.2. The lowest BCUT2D eigenvalue weighted by molar-refractivity contribution is 0.184.